The fourth-order valence-corrected chi connectivity index (χ4v) is 4.30. The number of rotatable bonds is 4. The van der Waals surface area contributed by atoms with Gasteiger partial charge in [-0.2, -0.15) is 0 Å². The van der Waals surface area contributed by atoms with Gasteiger partial charge in [-0.15, -0.1) is 0 Å². The molecule has 2 heterocycles. The van der Waals surface area contributed by atoms with Gasteiger partial charge < -0.3 is 19.9 Å². The number of benzene rings is 1. The first-order valence-corrected chi connectivity index (χ1v) is 10.5. The smallest absolute Gasteiger partial charge is 0.322 e. The number of aryl methyl sites for hydroxylation is 2. The summed E-state index contributed by atoms with van der Waals surface area (Å²) in [6.07, 6.45) is 2.96. The Morgan fingerprint density at radius 3 is 2.48 bits per heavy atom. The molecule has 1 aromatic carbocycles. The number of hydrogen-bond donors (Lipinski definition) is 1. The van der Waals surface area contributed by atoms with E-state index in [1.807, 2.05) is 32.0 Å². The molecule has 3 amide bonds. The minimum atomic E-state index is -0.472. The van der Waals surface area contributed by atoms with Gasteiger partial charge in [0.2, 0.25) is 5.91 Å². The Morgan fingerprint density at radius 1 is 1.10 bits per heavy atom. The maximum atomic E-state index is 13.2. The zero-order valence-corrected chi connectivity index (χ0v) is 17.6. The minimum Gasteiger partial charge on any atom is -0.466 e. The second kappa shape index (κ2) is 9.29. The third-order valence-electron chi connectivity index (χ3n) is 5.86. The number of carbonyl (C=O) groups excluding carboxylic acids is 3. The largest absolute Gasteiger partial charge is 0.466 e. The van der Waals surface area contributed by atoms with Crippen LogP contribution in [0.1, 0.15) is 43.7 Å². The summed E-state index contributed by atoms with van der Waals surface area (Å²) in [4.78, 5) is 41.6. The average Bonchev–Trinajstić information content (AvgIpc) is 3.20. The highest BCUT2D eigenvalue weighted by Crippen LogP contribution is 2.26. The average molecular weight is 402 g/mol. The number of para-hydroxylation sites is 1. The maximum absolute atomic E-state index is 13.2. The summed E-state index contributed by atoms with van der Waals surface area (Å²) >= 11 is 0. The molecule has 7 heteroatoms. The SMILES string of the molecule is CCOC(=O)C1CCCN(C(=O)C2CCCN2C(=O)Nc2c(C)cccc2C)C1. The van der Waals surface area contributed by atoms with E-state index in [4.69, 9.17) is 4.74 Å². The van der Waals surface area contributed by atoms with Gasteiger partial charge in [-0.3, -0.25) is 9.59 Å². The van der Waals surface area contributed by atoms with E-state index in [0.717, 1.165) is 36.1 Å². The lowest BCUT2D eigenvalue weighted by molar-refractivity contribution is -0.151. The standard InChI is InChI=1S/C22H31N3O4/c1-4-29-21(27)17-10-6-12-24(14-17)20(26)18-11-7-13-25(18)22(28)23-19-15(2)8-5-9-16(19)3/h5,8-9,17-18H,4,6-7,10-14H2,1-3H3,(H,23,28). The first kappa shape index (κ1) is 21.1. The molecular formula is C22H31N3O4. The number of piperidine rings is 1. The van der Waals surface area contributed by atoms with Crippen LogP contribution in [0, 0.1) is 19.8 Å². The molecule has 1 N–H and O–H groups in total. The molecule has 3 rings (SSSR count). The Kier molecular flexibility index (Phi) is 6.77. The highest BCUT2D eigenvalue weighted by molar-refractivity contribution is 5.95. The molecule has 158 valence electrons. The molecule has 2 fully saturated rings. The third-order valence-corrected chi connectivity index (χ3v) is 5.86. The van der Waals surface area contributed by atoms with E-state index in [0.29, 0.717) is 32.7 Å². The zero-order valence-electron chi connectivity index (χ0n) is 17.6. The maximum Gasteiger partial charge on any atom is 0.322 e. The van der Waals surface area contributed by atoms with Gasteiger partial charge in [0, 0.05) is 25.3 Å². The number of hydrogen-bond acceptors (Lipinski definition) is 4. The van der Waals surface area contributed by atoms with Gasteiger partial charge in [0.1, 0.15) is 6.04 Å². The van der Waals surface area contributed by atoms with E-state index < -0.39 is 6.04 Å². The van der Waals surface area contributed by atoms with Crippen LogP contribution in [0.3, 0.4) is 0 Å². The molecule has 2 aliphatic rings. The second-order valence-electron chi connectivity index (χ2n) is 7.92. The fourth-order valence-electron chi connectivity index (χ4n) is 4.30. The Morgan fingerprint density at radius 2 is 1.79 bits per heavy atom. The highest BCUT2D eigenvalue weighted by Gasteiger charge is 2.39. The normalized spacial score (nSPS) is 21.8. The monoisotopic (exact) mass is 401 g/mol. The van der Waals surface area contributed by atoms with E-state index in [-0.39, 0.29) is 23.8 Å². The number of esters is 1. The predicted octanol–water partition coefficient (Wildman–Crippen LogP) is 3.10. The van der Waals surface area contributed by atoms with E-state index in [1.165, 1.54) is 0 Å². The van der Waals surface area contributed by atoms with Gasteiger partial charge in [0.05, 0.1) is 12.5 Å². The summed E-state index contributed by atoms with van der Waals surface area (Å²) < 4.78 is 5.13. The number of carbonyl (C=O) groups is 3. The molecule has 0 spiro atoms. The Balaban J connectivity index is 1.67. The van der Waals surface area contributed by atoms with Crippen LogP contribution in [-0.2, 0) is 14.3 Å². The minimum absolute atomic E-state index is 0.0619. The van der Waals surface area contributed by atoms with Crippen molar-refractivity contribution < 1.29 is 19.1 Å². The molecule has 7 nitrogen and oxygen atoms in total. The van der Waals surface area contributed by atoms with Gasteiger partial charge in [0.15, 0.2) is 0 Å². The molecule has 0 aromatic heterocycles. The molecule has 29 heavy (non-hydrogen) atoms. The van der Waals surface area contributed by atoms with Gasteiger partial charge in [0.25, 0.3) is 0 Å². The molecule has 0 saturated carbocycles. The van der Waals surface area contributed by atoms with Crippen molar-refractivity contribution >= 4 is 23.6 Å². The summed E-state index contributed by atoms with van der Waals surface area (Å²) in [6, 6.07) is 5.16. The lowest BCUT2D eigenvalue weighted by atomic mass is 9.97. The van der Waals surface area contributed by atoms with Crippen LogP contribution in [0.5, 0.6) is 0 Å². The topological polar surface area (TPSA) is 79.0 Å². The zero-order chi connectivity index (χ0) is 21.0. The van der Waals surface area contributed by atoms with Crippen molar-refractivity contribution in [2.24, 2.45) is 5.92 Å². The van der Waals surface area contributed by atoms with Crippen molar-refractivity contribution in [2.45, 2.75) is 52.5 Å². The van der Waals surface area contributed by atoms with Crippen LogP contribution in [0.15, 0.2) is 18.2 Å². The van der Waals surface area contributed by atoms with Crippen LogP contribution in [-0.4, -0.2) is 60.0 Å². The molecular weight excluding hydrogens is 370 g/mol. The van der Waals surface area contributed by atoms with Crippen molar-refractivity contribution in [1.29, 1.82) is 0 Å². The Hall–Kier alpha value is -2.57. The van der Waals surface area contributed by atoms with Gasteiger partial charge in [-0.05, 0) is 57.6 Å². The highest BCUT2D eigenvalue weighted by atomic mass is 16.5. The number of likely N-dealkylation sites (tertiary alicyclic amines) is 2. The van der Waals surface area contributed by atoms with Crippen molar-refractivity contribution in [3.63, 3.8) is 0 Å². The number of anilines is 1. The van der Waals surface area contributed by atoms with Gasteiger partial charge in [-0.1, -0.05) is 18.2 Å². The van der Waals surface area contributed by atoms with Gasteiger partial charge in [-0.25, -0.2) is 4.79 Å². The van der Waals surface area contributed by atoms with E-state index in [2.05, 4.69) is 5.32 Å². The first-order valence-electron chi connectivity index (χ1n) is 10.5. The van der Waals surface area contributed by atoms with Crippen molar-refractivity contribution in [1.82, 2.24) is 9.80 Å². The molecule has 1 aromatic rings. The molecule has 2 aliphatic heterocycles. The number of ether oxygens (including phenoxy) is 1. The Labute approximate surface area is 172 Å². The summed E-state index contributed by atoms with van der Waals surface area (Å²) in [5.41, 5.74) is 2.79. The van der Waals surface area contributed by atoms with Crippen LogP contribution < -0.4 is 5.32 Å². The van der Waals surface area contributed by atoms with Crippen molar-refractivity contribution in [3.05, 3.63) is 29.3 Å². The summed E-state index contributed by atoms with van der Waals surface area (Å²) in [5.74, 6) is -0.569. The number of amides is 3. The Bertz CT molecular complexity index is 759. The molecule has 2 atom stereocenters. The third kappa shape index (κ3) is 4.71. The fraction of sp³-hybridized carbons (Fsp3) is 0.591. The number of urea groups is 1. The van der Waals surface area contributed by atoms with E-state index >= 15 is 0 Å². The van der Waals surface area contributed by atoms with Crippen LogP contribution in [0.25, 0.3) is 0 Å². The van der Waals surface area contributed by atoms with Crippen molar-refractivity contribution in [2.75, 3.05) is 31.6 Å². The summed E-state index contributed by atoms with van der Waals surface area (Å²) in [6.45, 7) is 7.60. The quantitative estimate of drug-likeness (QED) is 0.787. The lowest BCUT2D eigenvalue weighted by Crippen LogP contribution is -2.52. The van der Waals surface area contributed by atoms with Crippen LogP contribution >= 0.6 is 0 Å². The van der Waals surface area contributed by atoms with Crippen LogP contribution in [0.2, 0.25) is 0 Å². The lowest BCUT2D eigenvalue weighted by Gasteiger charge is -2.35. The second-order valence-corrected chi connectivity index (χ2v) is 7.92. The van der Waals surface area contributed by atoms with Crippen LogP contribution in [0.4, 0.5) is 10.5 Å². The summed E-state index contributed by atoms with van der Waals surface area (Å²) in [5, 5.41) is 2.99. The summed E-state index contributed by atoms with van der Waals surface area (Å²) in [7, 11) is 0. The molecule has 0 radical (unpaired) electrons. The van der Waals surface area contributed by atoms with Gasteiger partial charge >= 0.3 is 12.0 Å². The first-order chi connectivity index (χ1) is 13.9. The number of nitrogens with one attached hydrogen (secondary N) is 1. The van der Waals surface area contributed by atoms with Crippen molar-refractivity contribution in [3.8, 4) is 0 Å². The number of nitrogens with zero attached hydrogens (tertiary/aromatic N) is 2. The molecule has 0 aliphatic carbocycles. The predicted molar refractivity (Wildman–Crippen MR) is 111 cm³/mol. The molecule has 0 bridgehead atoms. The molecule has 2 saturated heterocycles. The van der Waals surface area contributed by atoms with E-state index in [1.54, 1.807) is 16.7 Å². The molecule has 2 unspecified atom stereocenters. The van der Waals surface area contributed by atoms with E-state index in [9.17, 15) is 14.4 Å².